The summed E-state index contributed by atoms with van der Waals surface area (Å²) in [7, 11) is 0. The number of carboxylic acids is 1. The number of rotatable bonds is 6. The van der Waals surface area contributed by atoms with Crippen molar-refractivity contribution in [1.82, 2.24) is 20.1 Å². The summed E-state index contributed by atoms with van der Waals surface area (Å²) in [6.07, 6.45) is 1.69. The van der Waals surface area contributed by atoms with Crippen molar-refractivity contribution in [3.05, 3.63) is 70.9 Å². The zero-order valence-corrected chi connectivity index (χ0v) is 22.0. The third-order valence-electron chi connectivity index (χ3n) is 8.30. The molecule has 4 atom stereocenters. The molecule has 9 heteroatoms. The fourth-order valence-electron chi connectivity index (χ4n) is 6.59. The molecular formula is C30H32N4O5. The van der Waals surface area contributed by atoms with Gasteiger partial charge < -0.3 is 25.2 Å². The van der Waals surface area contributed by atoms with Gasteiger partial charge in [-0.2, -0.15) is 0 Å². The Kier molecular flexibility index (Phi) is 6.16. The molecule has 3 aromatic rings. The lowest BCUT2D eigenvalue weighted by molar-refractivity contribution is -0.149. The van der Waals surface area contributed by atoms with Crippen LogP contribution >= 0.6 is 0 Å². The molecule has 0 radical (unpaired) electrons. The molecule has 9 nitrogen and oxygen atoms in total. The third kappa shape index (κ3) is 4.07. The molecule has 3 aliphatic heterocycles. The molecule has 1 aromatic heterocycles. The van der Waals surface area contributed by atoms with Crippen molar-refractivity contribution in [1.29, 1.82) is 0 Å². The highest BCUT2D eigenvalue weighted by molar-refractivity contribution is 6.04. The Morgan fingerprint density at radius 3 is 2.59 bits per heavy atom. The van der Waals surface area contributed by atoms with Crippen LogP contribution in [-0.4, -0.2) is 68.3 Å². The number of aromatic nitrogens is 1. The molecule has 0 bridgehead atoms. The molecule has 3 amide bonds. The van der Waals surface area contributed by atoms with Crippen molar-refractivity contribution in [2.24, 2.45) is 5.92 Å². The highest BCUT2D eigenvalue weighted by Crippen LogP contribution is 2.46. The van der Waals surface area contributed by atoms with Gasteiger partial charge in [0.2, 0.25) is 11.8 Å². The summed E-state index contributed by atoms with van der Waals surface area (Å²) < 4.78 is 0. The second-order valence-electron chi connectivity index (χ2n) is 11.2. The minimum Gasteiger partial charge on any atom is -0.480 e. The van der Waals surface area contributed by atoms with E-state index in [-0.39, 0.29) is 17.7 Å². The lowest BCUT2D eigenvalue weighted by Crippen LogP contribution is -2.58. The van der Waals surface area contributed by atoms with Gasteiger partial charge in [-0.3, -0.25) is 14.4 Å². The monoisotopic (exact) mass is 528 g/mol. The first-order chi connectivity index (χ1) is 18.8. The number of H-pyrrole nitrogens is 1. The van der Waals surface area contributed by atoms with Gasteiger partial charge in [-0.1, -0.05) is 50.2 Å². The molecule has 202 valence electrons. The van der Waals surface area contributed by atoms with E-state index in [0.717, 1.165) is 27.7 Å². The highest BCUT2D eigenvalue weighted by atomic mass is 16.4. The second-order valence-corrected chi connectivity index (χ2v) is 11.2. The highest BCUT2D eigenvalue weighted by Gasteiger charge is 2.49. The SMILES string of the molecule is CC(C)CC(NC(=O)C1Cc2c([nH]c3ccccc23)C2c3ccccc3C(=O)N12)C(=O)N1CCCC1C(=O)O. The molecule has 3 aliphatic rings. The molecule has 6 rings (SSSR count). The van der Waals surface area contributed by atoms with Crippen molar-refractivity contribution in [3.8, 4) is 0 Å². The van der Waals surface area contributed by atoms with E-state index in [1.54, 1.807) is 11.0 Å². The Hall–Kier alpha value is -4.14. The first kappa shape index (κ1) is 25.2. The number of fused-ring (bicyclic) bond motifs is 7. The number of nitrogens with one attached hydrogen (secondary N) is 2. The van der Waals surface area contributed by atoms with Gasteiger partial charge in [-0.15, -0.1) is 0 Å². The predicted octanol–water partition coefficient (Wildman–Crippen LogP) is 3.24. The Bertz CT molecular complexity index is 1490. The zero-order chi connectivity index (χ0) is 27.4. The van der Waals surface area contributed by atoms with E-state index in [1.165, 1.54) is 4.90 Å². The summed E-state index contributed by atoms with van der Waals surface area (Å²) in [5.41, 5.74) is 4.28. The normalized spacial score (nSPS) is 22.5. The first-order valence-electron chi connectivity index (χ1n) is 13.6. The van der Waals surface area contributed by atoms with Crippen molar-refractivity contribution in [2.45, 2.75) is 63.7 Å². The zero-order valence-electron chi connectivity index (χ0n) is 22.0. The van der Waals surface area contributed by atoms with Crippen molar-refractivity contribution in [3.63, 3.8) is 0 Å². The van der Waals surface area contributed by atoms with Crippen LogP contribution in [0.3, 0.4) is 0 Å². The number of hydrogen-bond acceptors (Lipinski definition) is 4. The van der Waals surface area contributed by atoms with Crippen LogP contribution in [0.2, 0.25) is 0 Å². The largest absolute Gasteiger partial charge is 0.480 e. The standard InChI is InChI=1S/C30H32N4O5/c1-16(2)14-22(29(37)33-13-7-12-23(33)30(38)39)32-27(35)24-15-20-17-8-5-6-11-21(17)31-25(20)26-18-9-3-4-10-19(18)28(36)34(24)26/h3-6,8-11,16,22-24,26,31H,7,12-15H2,1-2H3,(H,32,35)(H,38,39). The predicted molar refractivity (Wildman–Crippen MR) is 144 cm³/mol. The number of aliphatic carboxylic acids is 1. The molecule has 1 saturated heterocycles. The maximum absolute atomic E-state index is 14.0. The molecule has 2 aromatic carbocycles. The number of amides is 3. The van der Waals surface area contributed by atoms with Gasteiger partial charge in [0.15, 0.2) is 0 Å². The molecule has 4 unspecified atom stereocenters. The van der Waals surface area contributed by atoms with Gasteiger partial charge in [0.05, 0.1) is 6.04 Å². The van der Waals surface area contributed by atoms with Crippen LogP contribution in [0.15, 0.2) is 48.5 Å². The lowest BCUT2D eigenvalue weighted by atomic mass is 9.89. The third-order valence-corrected chi connectivity index (χ3v) is 8.30. The van der Waals surface area contributed by atoms with Crippen LogP contribution in [0.1, 0.15) is 66.3 Å². The maximum Gasteiger partial charge on any atom is 0.326 e. The number of benzene rings is 2. The maximum atomic E-state index is 14.0. The Labute approximate surface area is 226 Å². The van der Waals surface area contributed by atoms with E-state index in [1.807, 2.05) is 56.3 Å². The summed E-state index contributed by atoms with van der Waals surface area (Å²) in [6.45, 7) is 4.27. The van der Waals surface area contributed by atoms with Crippen molar-refractivity contribution >= 4 is 34.6 Å². The number of carbonyl (C=O) groups is 4. The topological polar surface area (TPSA) is 123 Å². The van der Waals surface area contributed by atoms with Gasteiger partial charge in [0, 0.05) is 35.1 Å². The lowest BCUT2D eigenvalue weighted by Gasteiger charge is -2.38. The van der Waals surface area contributed by atoms with Crippen LogP contribution in [0, 0.1) is 5.92 Å². The molecule has 4 heterocycles. The van der Waals surface area contributed by atoms with E-state index in [4.69, 9.17) is 0 Å². The second kappa shape index (κ2) is 9.55. The first-order valence-corrected chi connectivity index (χ1v) is 13.6. The van der Waals surface area contributed by atoms with E-state index < -0.39 is 36.0 Å². The fourth-order valence-corrected chi connectivity index (χ4v) is 6.59. The Balaban J connectivity index is 1.36. The van der Waals surface area contributed by atoms with Crippen molar-refractivity contribution in [2.75, 3.05) is 6.54 Å². The summed E-state index contributed by atoms with van der Waals surface area (Å²) in [5.74, 6) is -1.93. The average Bonchev–Trinajstić information content (AvgIpc) is 3.62. The number of para-hydroxylation sites is 1. The summed E-state index contributed by atoms with van der Waals surface area (Å²) in [4.78, 5) is 59.6. The minimum absolute atomic E-state index is 0.0853. The van der Waals surface area contributed by atoms with E-state index in [2.05, 4.69) is 10.3 Å². The van der Waals surface area contributed by atoms with Gasteiger partial charge in [0.25, 0.3) is 5.91 Å². The smallest absolute Gasteiger partial charge is 0.326 e. The van der Waals surface area contributed by atoms with E-state index in [9.17, 15) is 24.3 Å². The quantitative estimate of drug-likeness (QED) is 0.453. The molecule has 3 N–H and O–H groups in total. The molecule has 39 heavy (non-hydrogen) atoms. The van der Waals surface area contributed by atoms with Crippen LogP contribution < -0.4 is 5.32 Å². The number of nitrogens with zero attached hydrogens (tertiary/aromatic N) is 2. The number of aromatic amines is 1. The van der Waals surface area contributed by atoms with Crippen LogP contribution in [-0.2, 0) is 20.8 Å². The molecule has 0 spiro atoms. The number of carboxylic acid groups (broad SMARTS) is 1. The fraction of sp³-hybridized carbons (Fsp3) is 0.400. The molecule has 0 saturated carbocycles. The van der Waals surface area contributed by atoms with Crippen LogP contribution in [0.5, 0.6) is 0 Å². The van der Waals surface area contributed by atoms with Gasteiger partial charge >= 0.3 is 5.97 Å². The minimum atomic E-state index is -1.03. The van der Waals surface area contributed by atoms with E-state index in [0.29, 0.717) is 37.8 Å². The number of likely N-dealkylation sites (tertiary alicyclic amines) is 1. The molecular weight excluding hydrogens is 496 g/mol. The average molecular weight is 529 g/mol. The van der Waals surface area contributed by atoms with Crippen LogP contribution in [0.25, 0.3) is 10.9 Å². The Morgan fingerprint density at radius 1 is 1.08 bits per heavy atom. The van der Waals surface area contributed by atoms with Gasteiger partial charge in [-0.25, -0.2) is 4.79 Å². The van der Waals surface area contributed by atoms with E-state index >= 15 is 0 Å². The van der Waals surface area contributed by atoms with Crippen LogP contribution in [0.4, 0.5) is 0 Å². The van der Waals surface area contributed by atoms with Gasteiger partial charge in [-0.05, 0) is 48.4 Å². The number of carbonyl (C=O) groups excluding carboxylic acids is 3. The van der Waals surface area contributed by atoms with Gasteiger partial charge in [0.1, 0.15) is 18.1 Å². The Morgan fingerprint density at radius 2 is 1.82 bits per heavy atom. The summed E-state index contributed by atoms with van der Waals surface area (Å²) >= 11 is 0. The molecule has 0 aliphatic carbocycles. The number of hydrogen-bond donors (Lipinski definition) is 3. The van der Waals surface area contributed by atoms with Crippen molar-refractivity contribution < 1.29 is 24.3 Å². The summed E-state index contributed by atoms with van der Waals surface area (Å²) in [6, 6.07) is 12.3. The molecule has 1 fully saturated rings. The summed E-state index contributed by atoms with van der Waals surface area (Å²) in [5, 5.41) is 13.6.